The topological polar surface area (TPSA) is 86.3 Å². The molecule has 2 rings (SSSR count). The van der Waals surface area contributed by atoms with Gasteiger partial charge in [0.15, 0.2) is 0 Å². The Hall–Kier alpha value is -1.39. The second-order valence-corrected chi connectivity index (χ2v) is 8.06. The van der Waals surface area contributed by atoms with E-state index >= 15 is 0 Å². The maximum Gasteiger partial charge on any atom is 0.233 e. The van der Waals surface area contributed by atoms with Crippen molar-refractivity contribution in [3.8, 4) is 5.75 Å². The molecule has 2 aromatic rings. The zero-order chi connectivity index (χ0) is 18.9. The molecule has 1 amide bonds. The molecule has 0 spiro atoms. The minimum absolute atomic E-state index is 0.0691. The van der Waals surface area contributed by atoms with E-state index in [2.05, 4.69) is 26.1 Å². The van der Waals surface area contributed by atoms with Crippen molar-refractivity contribution in [2.75, 3.05) is 37.0 Å². The highest BCUT2D eigenvalue weighted by molar-refractivity contribution is 9.10. The molecule has 0 saturated carbocycles. The average molecular weight is 460 g/mol. The molecule has 0 fully saturated rings. The van der Waals surface area contributed by atoms with Crippen LogP contribution in [0.1, 0.15) is 13.8 Å². The van der Waals surface area contributed by atoms with Gasteiger partial charge in [-0.25, -0.2) is 4.68 Å². The van der Waals surface area contributed by atoms with E-state index in [0.717, 1.165) is 10.2 Å². The number of amides is 1. The van der Waals surface area contributed by atoms with Crippen LogP contribution in [0.5, 0.6) is 5.75 Å². The lowest BCUT2D eigenvalue weighted by atomic mass is 10.3. The number of halogens is 1. The van der Waals surface area contributed by atoms with E-state index in [1.807, 2.05) is 38.1 Å². The predicted octanol–water partition coefficient (Wildman–Crippen LogP) is 2.89. The lowest BCUT2D eigenvalue weighted by Gasteiger charge is -2.17. The van der Waals surface area contributed by atoms with Crippen molar-refractivity contribution in [3.63, 3.8) is 0 Å². The maximum atomic E-state index is 12.0. The first-order valence-corrected chi connectivity index (χ1v) is 10.9. The summed E-state index contributed by atoms with van der Waals surface area (Å²) in [4.78, 5) is 13.8. The number of hydrogen-bond acceptors (Lipinski definition) is 7. The van der Waals surface area contributed by atoms with Crippen LogP contribution in [0, 0.1) is 0 Å². The molecule has 0 aliphatic heterocycles. The third kappa shape index (κ3) is 6.10. The highest BCUT2D eigenvalue weighted by atomic mass is 79.9. The van der Waals surface area contributed by atoms with E-state index in [4.69, 9.17) is 10.6 Å². The minimum Gasteiger partial charge on any atom is -0.493 e. The Labute approximate surface area is 170 Å². The molecule has 0 bridgehead atoms. The van der Waals surface area contributed by atoms with Gasteiger partial charge in [-0.2, -0.15) is 0 Å². The third-order valence-corrected chi connectivity index (χ3v) is 5.78. The Kier molecular flexibility index (Phi) is 8.60. The second kappa shape index (κ2) is 10.7. The molecule has 0 saturated heterocycles. The Bertz CT molecular complexity index is 724. The number of benzene rings is 1. The summed E-state index contributed by atoms with van der Waals surface area (Å²) in [5, 5.41) is 9.27. The van der Waals surface area contributed by atoms with Gasteiger partial charge in [0.2, 0.25) is 16.2 Å². The first-order valence-electron chi connectivity index (χ1n) is 8.17. The van der Waals surface area contributed by atoms with E-state index in [9.17, 15) is 4.79 Å². The highest BCUT2D eigenvalue weighted by Crippen LogP contribution is 2.22. The number of ether oxygens (including phenoxy) is 1. The fourth-order valence-corrected chi connectivity index (χ4v) is 3.97. The molecule has 10 heteroatoms. The van der Waals surface area contributed by atoms with E-state index in [1.165, 1.54) is 28.2 Å². The largest absolute Gasteiger partial charge is 0.493 e. The van der Waals surface area contributed by atoms with Gasteiger partial charge in [0.05, 0.1) is 12.4 Å². The lowest BCUT2D eigenvalue weighted by Crippen LogP contribution is -2.32. The molecule has 7 nitrogen and oxygen atoms in total. The number of nitrogen functional groups attached to an aromatic ring is 1. The SMILES string of the molecule is CCN(CC)C(=O)CSc1nnc(SCCOc2cccc(Br)c2)n1N. The fourth-order valence-electron chi connectivity index (χ4n) is 2.10. The zero-order valence-corrected chi connectivity index (χ0v) is 17.9. The molecule has 0 aliphatic rings. The van der Waals surface area contributed by atoms with Gasteiger partial charge in [-0.1, -0.05) is 45.5 Å². The Balaban J connectivity index is 1.78. The number of aromatic nitrogens is 3. The standard InChI is InChI=1S/C16H22BrN5O2S2/c1-3-21(4-2)14(23)11-26-16-20-19-15(22(16)18)25-9-8-24-13-7-5-6-12(17)10-13/h5-7,10H,3-4,8-9,11,18H2,1-2H3. The van der Waals surface area contributed by atoms with Gasteiger partial charge >= 0.3 is 0 Å². The van der Waals surface area contributed by atoms with Crippen molar-refractivity contribution in [1.29, 1.82) is 0 Å². The minimum atomic E-state index is 0.0691. The summed E-state index contributed by atoms with van der Waals surface area (Å²) in [5.41, 5.74) is 0. The van der Waals surface area contributed by atoms with Crippen LogP contribution in [-0.2, 0) is 4.79 Å². The average Bonchev–Trinajstić information content (AvgIpc) is 2.98. The highest BCUT2D eigenvalue weighted by Gasteiger charge is 2.15. The van der Waals surface area contributed by atoms with Crippen LogP contribution in [-0.4, -0.2) is 56.9 Å². The summed E-state index contributed by atoms with van der Waals surface area (Å²) in [6.45, 7) is 5.84. The van der Waals surface area contributed by atoms with Gasteiger partial charge in [0.25, 0.3) is 0 Å². The number of carbonyl (C=O) groups is 1. The van der Waals surface area contributed by atoms with Crippen LogP contribution < -0.4 is 10.6 Å². The lowest BCUT2D eigenvalue weighted by molar-refractivity contribution is -0.127. The molecule has 1 aromatic carbocycles. The van der Waals surface area contributed by atoms with Gasteiger partial charge in [-0.3, -0.25) is 4.79 Å². The molecular formula is C16H22BrN5O2S2. The summed E-state index contributed by atoms with van der Waals surface area (Å²) >= 11 is 6.17. The number of nitrogens with zero attached hydrogens (tertiary/aromatic N) is 4. The van der Waals surface area contributed by atoms with Crippen molar-refractivity contribution in [3.05, 3.63) is 28.7 Å². The van der Waals surface area contributed by atoms with Crippen molar-refractivity contribution in [2.45, 2.75) is 24.2 Å². The number of thioether (sulfide) groups is 2. The number of hydrogen-bond donors (Lipinski definition) is 1. The van der Waals surface area contributed by atoms with Crippen molar-refractivity contribution in [2.24, 2.45) is 0 Å². The molecular weight excluding hydrogens is 438 g/mol. The van der Waals surface area contributed by atoms with Crippen molar-refractivity contribution < 1.29 is 9.53 Å². The van der Waals surface area contributed by atoms with Gasteiger partial charge in [0.1, 0.15) is 5.75 Å². The van der Waals surface area contributed by atoms with E-state index < -0.39 is 0 Å². The summed E-state index contributed by atoms with van der Waals surface area (Å²) in [6, 6.07) is 7.69. The summed E-state index contributed by atoms with van der Waals surface area (Å²) < 4.78 is 8.08. The van der Waals surface area contributed by atoms with Crippen LogP contribution in [0.3, 0.4) is 0 Å². The molecule has 1 heterocycles. The predicted molar refractivity (Wildman–Crippen MR) is 109 cm³/mol. The summed E-state index contributed by atoms with van der Waals surface area (Å²) in [6.07, 6.45) is 0. The fraction of sp³-hybridized carbons (Fsp3) is 0.438. The Morgan fingerprint density at radius 2 is 1.96 bits per heavy atom. The van der Waals surface area contributed by atoms with Gasteiger partial charge in [-0.05, 0) is 32.0 Å². The summed E-state index contributed by atoms with van der Waals surface area (Å²) in [5.74, 6) is 7.88. The van der Waals surface area contributed by atoms with E-state index in [1.54, 1.807) is 4.90 Å². The normalized spacial score (nSPS) is 10.7. The van der Waals surface area contributed by atoms with E-state index in [0.29, 0.717) is 41.5 Å². The molecule has 1 aromatic heterocycles. The monoisotopic (exact) mass is 459 g/mol. The first kappa shape index (κ1) is 20.9. The smallest absolute Gasteiger partial charge is 0.233 e. The molecule has 0 atom stereocenters. The van der Waals surface area contributed by atoms with Crippen LogP contribution in [0.25, 0.3) is 0 Å². The Morgan fingerprint density at radius 3 is 2.62 bits per heavy atom. The van der Waals surface area contributed by atoms with Crippen LogP contribution >= 0.6 is 39.5 Å². The Morgan fingerprint density at radius 1 is 1.27 bits per heavy atom. The zero-order valence-electron chi connectivity index (χ0n) is 14.7. The summed E-state index contributed by atoms with van der Waals surface area (Å²) in [7, 11) is 0. The third-order valence-electron chi connectivity index (χ3n) is 3.45. The maximum absolute atomic E-state index is 12.0. The van der Waals surface area contributed by atoms with E-state index in [-0.39, 0.29) is 5.91 Å². The van der Waals surface area contributed by atoms with Gasteiger partial charge < -0.3 is 15.5 Å². The van der Waals surface area contributed by atoms with Gasteiger partial charge in [0, 0.05) is 23.3 Å². The van der Waals surface area contributed by atoms with Crippen LogP contribution in [0.15, 0.2) is 39.1 Å². The number of rotatable bonds is 10. The van der Waals surface area contributed by atoms with Crippen molar-refractivity contribution in [1.82, 2.24) is 19.8 Å². The molecule has 0 unspecified atom stereocenters. The molecule has 0 aliphatic carbocycles. The molecule has 142 valence electrons. The molecule has 26 heavy (non-hydrogen) atoms. The second-order valence-electron chi connectivity index (χ2n) is 5.14. The number of carbonyl (C=O) groups excluding carboxylic acids is 1. The van der Waals surface area contributed by atoms with Crippen LogP contribution in [0.2, 0.25) is 0 Å². The van der Waals surface area contributed by atoms with Crippen molar-refractivity contribution >= 4 is 45.4 Å². The molecule has 2 N–H and O–H groups in total. The molecule has 0 radical (unpaired) electrons. The number of nitrogens with two attached hydrogens (primary N) is 1. The first-order chi connectivity index (χ1) is 12.5. The quantitative estimate of drug-likeness (QED) is 0.332. The van der Waals surface area contributed by atoms with Gasteiger partial charge in [-0.15, -0.1) is 10.2 Å². The van der Waals surface area contributed by atoms with Crippen LogP contribution in [0.4, 0.5) is 0 Å².